The van der Waals surface area contributed by atoms with E-state index in [0.29, 0.717) is 49.6 Å². The summed E-state index contributed by atoms with van der Waals surface area (Å²) in [5, 5.41) is 13.9. The monoisotopic (exact) mass is 829 g/mol. The van der Waals surface area contributed by atoms with E-state index in [1.807, 2.05) is 0 Å². The molecule has 3 unspecified atom stereocenters. The lowest BCUT2D eigenvalue weighted by Crippen LogP contribution is -2.64. The Labute approximate surface area is 355 Å². The Morgan fingerprint density at radius 1 is 0.915 bits per heavy atom. The molecule has 0 spiro atoms. The smallest absolute Gasteiger partial charge is 0.312 e. The van der Waals surface area contributed by atoms with Crippen LogP contribution in [0.2, 0.25) is 0 Å². The van der Waals surface area contributed by atoms with E-state index in [2.05, 4.69) is 107 Å². The lowest BCUT2D eigenvalue weighted by Gasteiger charge is -2.71. The Hall–Kier alpha value is -2.55. The van der Waals surface area contributed by atoms with Gasteiger partial charge in [0, 0.05) is 25.0 Å². The van der Waals surface area contributed by atoms with Gasteiger partial charge in [-0.25, -0.2) is 12.8 Å². The molecule has 2 N–H and O–H groups in total. The number of benzene rings is 1. The van der Waals surface area contributed by atoms with Gasteiger partial charge in [-0.1, -0.05) is 103 Å². The summed E-state index contributed by atoms with van der Waals surface area (Å²) in [7, 11) is -2.87. The average molecular weight is 829 g/mol. The van der Waals surface area contributed by atoms with Gasteiger partial charge in [0.15, 0.2) is 9.84 Å². The molecule has 7 aliphatic rings. The zero-order chi connectivity index (χ0) is 42.2. The van der Waals surface area contributed by atoms with E-state index < -0.39 is 27.9 Å². The van der Waals surface area contributed by atoms with Crippen molar-refractivity contribution in [2.24, 2.45) is 56.2 Å². The minimum atomic E-state index is -2.87. The van der Waals surface area contributed by atoms with Crippen molar-refractivity contribution < 1.29 is 22.7 Å². The molecule has 3 saturated carbocycles. The third-order valence-electron chi connectivity index (χ3n) is 18.5. The number of alkyl halides is 1. The molecule has 1 saturated heterocycles. The molecule has 59 heavy (non-hydrogen) atoms. The van der Waals surface area contributed by atoms with Crippen LogP contribution >= 0.6 is 0 Å². The predicted octanol–water partition coefficient (Wildman–Crippen LogP) is 10.5. The van der Waals surface area contributed by atoms with Gasteiger partial charge in [0.05, 0.1) is 16.9 Å². The molecule has 0 amide bonds. The van der Waals surface area contributed by atoms with Crippen LogP contribution in [0.15, 0.2) is 70.9 Å². The first kappa shape index (κ1) is 43.1. The lowest BCUT2D eigenvalue weighted by atomic mass is 9.33. The maximum atomic E-state index is 14.1. The van der Waals surface area contributed by atoms with Crippen LogP contribution in [0.25, 0.3) is 5.57 Å². The van der Waals surface area contributed by atoms with E-state index in [0.717, 1.165) is 38.9 Å². The minimum absolute atomic E-state index is 0.0168. The van der Waals surface area contributed by atoms with Crippen LogP contribution in [0.4, 0.5) is 4.39 Å². The highest BCUT2D eigenvalue weighted by molar-refractivity contribution is 7.91. The predicted molar refractivity (Wildman–Crippen MR) is 238 cm³/mol. The summed E-state index contributed by atoms with van der Waals surface area (Å²) in [5.41, 5.74) is 8.00. The molecule has 8 rings (SSSR count). The van der Waals surface area contributed by atoms with Crippen molar-refractivity contribution in [3.63, 3.8) is 0 Å². The van der Waals surface area contributed by atoms with Crippen LogP contribution in [0.5, 0.6) is 0 Å². The van der Waals surface area contributed by atoms with E-state index >= 15 is 0 Å². The maximum absolute atomic E-state index is 14.1. The first-order chi connectivity index (χ1) is 27.9. The van der Waals surface area contributed by atoms with E-state index in [1.54, 1.807) is 11.1 Å². The third kappa shape index (κ3) is 6.91. The second-order valence-electron chi connectivity index (χ2n) is 21.9. The van der Waals surface area contributed by atoms with Gasteiger partial charge in [0.2, 0.25) is 0 Å². The van der Waals surface area contributed by atoms with Gasteiger partial charge in [-0.2, -0.15) is 0 Å². The Bertz CT molecular complexity index is 2040. The van der Waals surface area contributed by atoms with Gasteiger partial charge in [-0.3, -0.25) is 4.79 Å². The SMILES string of the molecule is CC(C)C1=C2C3CCC4[C@@]5(C)CC=C(C6=CC[C@](CF)(C(=O)O)CC6)C(C)(C)C5CC[C@@]4(C)[C@]3(C)CC[C@@]2(CNCCCN2CCS(=O)(=O)CC2)C=C1c1ccccc1. The molecular weight excluding hydrogens is 756 g/mol. The molecule has 6 nitrogen and oxygen atoms in total. The third-order valence-corrected chi connectivity index (χ3v) is 20.1. The summed E-state index contributed by atoms with van der Waals surface area (Å²) in [4.78, 5) is 14.4. The Kier molecular flexibility index (Phi) is 11.2. The number of nitrogens with zero attached hydrogens (tertiary/aromatic N) is 1. The maximum Gasteiger partial charge on any atom is 0.312 e. The van der Waals surface area contributed by atoms with E-state index in [-0.39, 0.29) is 45.0 Å². The van der Waals surface area contributed by atoms with Crippen molar-refractivity contribution in [1.82, 2.24) is 10.2 Å². The van der Waals surface area contributed by atoms with Crippen LogP contribution in [0, 0.1) is 56.2 Å². The fourth-order valence-corrected chi connectivity index (χ4v) is 16.3. The van der Waals surface area contributed by atoms with Crippen molar-refractivity contribution in [2.75, 3.05) is 50.9 Å². The summed E-state index contributed by atoms with van der Waals surface area (Å²) in [6, 6.07) is 11.1. The van der Waals surface area contributed by atoms with Crippen molar-refractivity contribution >= 4 is 21.4 Å². The number of hydrogen-bond acceptors (Lipinski definition) is 5. The molecule has 1 heterocycles. The van der Waals surface area contributed by atoms with E-state index in [1.165, 1.54) is 54.4 Å². The van der Waals surface area contributed by atoms with Gasteiger partial charge in [0.25, 0.3) is 0 Å². The Morgan fingerprint density at radius 2 is 1.64 bits per heavy atom. The summed E-state index contributed by atoms with van der Waals surface area (Å²) in [5.74, 6) is 1.65. The normalized spacial score (nSPS) is 39.0. The molecule has 1 aliphatic heterocycles. The van der Waals surface area contributed by atoms with Gasteiger partial charge in [-0.05, 0) is 157 Å². The number of rotatable bonds is 11. The fourth-order valence-electron chi connectivity index (χ4n) is 15.0. The number of halogens is 1. The first-order valence-corrected chi connectivity index (χ1v) is 25.0. The molecule has 0 bridgehead atoms. The summed E-state index contributed by atoms with van der Waals surface area (Å²) in [6.45, 7) is 21.1. The molecule has 0 radical (unpaired) electrons. The number of sulfone groups is 1. The van der Waals surface area contributed by atoms with Gasteiger partial charge < -0.3 is 15.3 Å². The quantitative estimate of drug-likeness (QED) is 0.216. The zero-order valence-electron chi connectivity index (χ0n) is 37.3. The fraction of sp³-hybridized carbons (Fsp3) is 0.706. The highest BCUT2D eigenvalue weighted by atomic mass is 32.2. The summed E-state index contributed by atoms with van der Waals surface area (Å²) in [6.07, 6.45) is 18.0. The Balaban J connectivity index is 1.08. The molecule has 8 atom stereocenters. The molecule has 324 valence electrons. The summed E-state index contributed by atoms with van der Waals surface area (Å²) >= 11 is 0. The topological polar surface area (TPSA) is 86.7 Å². The standard InChI is InChI=1S/C51H73FN2O4S/c1-35(2)43-38(36-12-9-8-10-13-36)32-51(34-53-26-11-27-54-28-30-59(57,58)31-29-54)25-24-48(6)40(44(43)51)14-15-42-47(5)20-18-39(46(3,4)41(47)19-21-49(42,48)7)37-16-22-50(33-52,23-17-37)45(55)56/h8-10,12-13,16,18,32,35,40-42,53H,11,14-15,17,19-31,33-34H2,1-7H3,(H,55,56)/t40?,41?,42?,47-,48+,49+,50-,51-/m0/s1. The Morgan fingerprint density at radius 3 is 2.29 bits per heavy atom. The molecule has 0 aromatic heterocycles. The number of carbonyl (C=O) groups is 1. The summed E-state index contributed by atoms with van der Waals surface area (Å²) < 4.78 is 38.1. The first-order valence-electron chi connectivity index (χ1n) is 23.2. The molecule has 1 aromatic carbocycles. The van der Waals surface area contributed by atoms with Crippen LogP contribution in [-0.2, 0) is 14.6 Å². The van der Waals surface area contributed by atoms with Gasteiger partial charge in [0.1, 0.15) is 6.67 Å². The van der Waals surface area contributed by atoms with Crippen molar-refractivity contribution in [3.8, 4) is 0 Å². The number of fused-ring (bicyclic) bond motifs is 7. The average Bonchev–Trinajstić information content (AvgIpc) is 3.55. The zero-order valence-corrected chi connectivity index (χ0v) is 38.1. The highest BCUT2D eigenvalue weighted by Gasteiger charge is 2.69. The second kappa shape index (κ2) is 15.4. The van der Waals surface area contributed by atoms with Gasteiger partial charge >= 0.3 is 5.97 Å². The number of aliphatic carboxylic acids is 1. The molecule has 8 heteroatoms. The number of carboxylic acids is 1. The molecular formula is C51H73FN2O4S. The number of allylic oxidation sites excluding steroid dienone is 6. The number of carboxylic acid groups (broad SMARTS) is 1. The van der Waals surface area contributed by atoms with Crippen molar-refractivity contribution in [3.05, 3.63) is 76.4 Å². The van der Waals surface area contributed by atoms with Crippen molar-refractivity contribution in [1.29, 1.82) is 0 Å². The van der Waals surface area contributed by atoms with Crippen molar-refractivity contribution in [2.45, 2.75) is 119 Å². The van der Waals surface area contributed by atoms with Crippen LogP contribution in [0.1, 0.15) is 125 Å². The molecule has 4 fully saturated rings. The molecule has 6 aliphatic carbocycles. The number of nitrogens with one attached hydrogen (secondary N) is 1. The molecule has 1 aromatic rings. The van der Waals surface area contributed by atoms with Crippen LogP contribution < -0.4 is 5.32 Å². The largest absolute Gasteiger partial charge is 0.481 e. The van der Waals surface area contributed by atoms with Crippen LogP contribution in [-0.4, -0.2) is 75.3 Å². The van der Waals surface area contributed by atoms with Crippen LogP contribution in [0.3, 0.4) is 0 Å². The minimum Gasteiger partial charge on any atom is -0.481 e. The highest BCUT2D eigenvalue weighted by Crippen LogP contribution is 2.77. The lowest BCUT2D eigenvalue weighted by molar-refractivity contribution is -0.197. The van der Waals surface area contributed by atoms with Gasteiger partial charge in [-0.15, -0.1) is 0 Å². The second-order valence-corrected chi connectivity index (χ2v) is 24.2. The number of hydrogen-bond donors (Lipinski definition) is 2. The van der Waals surface area contributed by atoms with E-state index in [4.69, 9.17) is 0 Å². The van der Waals surface area contributed by atoms with E-state index in [9.17, 15) is 22.7 Å².